The van der Waals surface area contributed by atoms with Crippen LogP contribution in [0.15, 0.2) is 24.3 Å². The highest BCUT2D eigenvalue weighted by atomic mass is 35.5. The number of fused-ring (bicyclic) bond motifs is 3. The zero-order valence-electron chi connectivity index (χ0n) is 12.2. The fraction of sp³-hybridized carbons (Fsp3) is 0.444. The van der Waals surface area contributed by atoms with Crippen LogP contribution in [0.5, 0.6) is 0 Å². The fourth-order valence-electron chi connectivity index (χ4n) is 3.65. The molecule has 21 heavy (non-hydrogen) atoms. The van der Waals surface area contributed by atoms with Crippen LogP contribution in [0.25, 0.3) is 10.8 Å². The van der Waals surface area contributed by atoms with E-state index >= 15 is 0 Å². The average Bonchev–Trinajstić information content (AvgIpc) is 2.99. The molecule has 4 rings (SSSR count). The Kier molecular flexibility index (Phi) is 3.62. The lowest BCUT2D eigenvalue weighted by atomic mass is 9.95. The number of halogens is 1. The highest BCUT2D eigenvalue weighted by Crippen LogP contribution is 2.34. The van der Waals surface area contributed by atoms with Gasteiger partial charge in [0.05, 0.1) is 13.2 Å². The molecule has 0 saturated carbocycles. The van der Waals surface area contributed by atoms with Crippen LogP contribution < -0.4 is 0 Å². The molecule has 0 amide bonds. The van der Waals surface area contributed by atoms with Gasteiger partial charge in [-0.15, -0.1) is 0 Å². The molecule has 2 heterocycles. The molecule has 0 unspecified atom stereocenters. The number of likely N-dealkylation sites (tertiary alicyclic amines) is 1. The highest BCUT2D eigenvalue weighted by Gasteiger charge is 2.21. The Labute approximate surface area is 130 Å². The van der Waals surface area contributed by atoms with Crippen molar-refractivity contribution in [3.8, 4) is 0 Å². The van der Waals surface area contributed by atoms with Crippen molar-refractivity contribution in [2.45, 2.75) is 39.0 Å². The van der Waals surface area contributed by atoms with Gasteiger partial charge in [0.2, 0.25) is 0 Å². The van der Waals surface area contributed by atoms with Crippen molar-refractivity contribution in [2.24, 2.45) is 0 Å². The Morgan fingerprint density at radius 1 is 1.00 bits per heavy atom. The van der Waals surface area contributed by atoms with E-state index in [0.717, 1.165) is 24.8 Å². The lowest BCUT2D eigenvalue weighted by Gasteiger charge is -2.27. The highest BCUT2D eigenvalue weighted by molar-refractivity contribution is 6.31. The second-order valence-electron chi connectivity index (χ2n) is 6.19. The molecular formula is C18H20ClNO. The van der Waals surface area contributed by atoms with Crippen LogP contribution in [-0.2, 0) is 24.5 Å². The second-order valence-corrected chi connectivity index (χ2v) is 6.62. The lowest BCUT2D eigenvalue weighted by molar-refractivity contribution is 0.134. The van der Waals surface area contributed by atoms with Crippen molar-refractivity contribution in [1.29, 1.82) is 0 Å². The summed E-state index contributed by atoms with van der Waals surface area (Å²) in [6, 6.07) is 8.54. The molecule has 0 aromatic heterocycles. The third kappa shape index (κ3) is 2.57. The summed E-state index contributed by atoms with van der Waals surface area (Å²) in [5.74, 6) is 0. The zero-order valence-corrected chi connectivity index (χ0v) is 13.0. The number of piperidine rings is 1. The Bertz CT molecular complexity index is 676. The smallest absolute Gasteiger partial charge is 0.0731 e. The number of ether oxygens (including phenoxy) is 1. The van der Waals surface area contributed by atoms with E-state index in [4.69, 9.17) is 16.3 Å². The van der Waals surface area contributed by atoms with E-state index in [9.17, 15) is 0 Å². The number of nitrogens with zero attached hydrogens (tertiary/aromatic N) is 1. The monoisotopic (exact) mass is 301 g/mol. The molecule has 110 valence electrons. The zero-order chi connectivity index (χ0) is 14.2. The van der Waals surface area contributed by atoms with Gasteiger partial charge in [0.1, 0.15) is 0 Å². The maximum atomic E-state index is 6.17. The summed E-state index contributed by atoms with van der Waals surface area (Å²) in [6.07, 6.45) is 4.05. The second kappa shape index (κ2) is 5.60. The molecule has 2 aliphatic rings. The summed E-state index contributed by atoms with van der Waals surface area (Å²) >= 11 is 6.17. The summed E-state index contributed by atoms with van der Waals surface area (Å²) in [6.45, 7) is 4.99. The molecule has 3 heteroatoms. The minimum atomic E-state index is 0.722. The number of benzene rings is 2. The first-order valence-electron chi connectivity index (χ1n) is 7.84. The largest absolute Gasteiger partial charge is 0.372 e. The Hall–Kier alpha value is -1.09. The number of hydrogen-bond acceptors (Lipinski definition) is 2. The molecule has 2 aromatic rings. The summed E-state index contributed by atoms with van der Waals surface area (Å²) in [7, 11) is 0. The average molecular weight is 302 g/mol. The topological polar surface area (TPSA) is 12.5 Å². The molecule has 0 bridgehead atoms. The summed E-state index contributed by atoms with van der Waals surface area (Å²) in [5, 5.41) is 3.36. The van der Waals surface area contributed by atoms with Gasteiger partial charge in [0.25, 0.3) is 0 Å². The lowest BCUT2D eigenvalue weighted by Crippen LogP contribution is -2.29. The van der Waals surface area contributed by atoms with E-state index in [2.05, 4.69) is 23.1 Å². The van der Waals surface area contributed by atoms with Crippen LogP contribution in [0.3, 0.4) is 0 Å². The van der Waals surface area contributed by atoms with Gasteiger partial charge in [0.15, 0.2) is 0 Å². The molecule has 2 aromatic carbocycles. The van der Waals surface area contributed by atoms with E-state index in [-0.39, 0.29) is 0 Å². The van der Waals surface area contributed by atoms with Gasteiger partial charge in [-0.2, -0.15) is 0 Å². The van der Waals surface area contributed by atoms with E-state index in [0.29, 0.717) is 0 Å². The normalized spacial score (nSPS) is 19.1. The van der Waals surface area contributed by atoms with Gasteiger partial charge >= 0.3 is 0 Å². The third-order valence-corrected chi connectivity index (χ3v) is 4.99. The predicted octanol–water partition coefficient (Wildman–Crippen LogP) is 4.51. The molecule has 2 aliphatic heterocycles. The number of rotatable bonds is 2. The number of hydrogen-bond donors (Lipinski definition) is 0. The first-order chi connectivity index (χ1) is 10.3. The first-order valence-corrected chi connectivity index (χ1v) is 8.22. The van der Waals surface area contributed by atoms with Crippen LogP contribution in [0, 0.1) is 0 Å². The van der Waals surface area contributed by atoms with Gasteiger partial charge in [0, 0.05) is 11.6 Å². The molecule has 0 aliphatic carbocycles. The van der Waals surface area contributed by atoms with Crippen molar-refractivity contribution in [1.82, 2.24) is 4.90 Å². The van der Waals surface area contributed by atoms with Crippen molar-refractivity contribution in [2.75, 3.05) is 13.1 Å². The molecule has 0 radical (unpaired) electrons. The predicted molar refractivity (Wildman–Crippen MR) is 86.6 cm³/mol. The van der Waals surface area contributed by atoms with Crippen molar-refractivity contribution in [3.05, 3.63) is 46.0 Å². The minimum absolute atomic E-state index is 0.722. The van der Waals surface area contributed by atoms with E-state index in [1.165, 1.54) is 59.8 Å². The van der Waals surface area contributed by atoms with Crippen LogP contribution in [-0.4, -0.2) is 18.0 Å². The van der Waals surface area contributed by atoms with Crippen molar-refractivity contribution < 1.29 is 4.74 Å². The van der Waals surface area contributed by atoms with Crippen molar-refractivity contribution >= 4 is 22.4 Å². The minimum Gasteiger partial charge on any atom is -0.372 e. The summed E-state index contributed by atoms with van der Waals surface area (Å²) < 4.78 is 5.73. The van der Waals surface area contributed by atoms with E-state index in [1.54, 1.807) is 0 Å². The molecule has 1 saturated heterocycles. The quantitative estimate of drug-likeness (QED) is 0.809. The molecule has 0 spiro atoms. The van der Waals surface area contributed by atoms with Crippen molar-refractivity contribution in [3.63, 3.8) is 0 Å². The van der Waals surface area contributed by atoms with Crippen LogP contribution in [0.2, 0.25) is 5.02 Å². The Morgan fingerprint density at radius 2 is 1.81 bits per heavy atom. The van der Waals surface area contributed by atoms with Gasteiger partial charge in [-0.3, -0.25) is 4.90 Å². The Morgan fingerprint density at radius 3 is 2.67 bits per heavy atom. The molecule has 0 N–H and O–H groups in total. The molecule has 1 fully saturated rings. The summed E-state index contributed by atoms with van der Waals surface area (Å²) in [4.78, 5) is 2.58. The molecule has 0 atom stereocenters. The van der Waals surface area contributed by atoms with Gasteiger partial charge in [-0.25, -0.2) is 0 Å². The SMILES string of the molecule is Clc1ccc2cc(CN3CCCCC3)c3c(c2c1)COC3. The van der Waals surface area contributed by atoms with Gasteiger partial charge in [-0.05, 0) is 71.6 Å². The third-order valence-electron chi connectivity index (χ3n) is 4.76. The fourth-order valence-corrected chi connectivity index (χ4v) is 3.82. The summed E-state index contributed by atoms with van der Waals surface area (Å²) in [5.41, 5.74) is 4.19. The molecular weight excluding hydrogens is 282 g/mol. The maximum Gasteiger partial charge on any atom is 0.0731 e. The van der Waals surface area contributed by atoms with Crippen LogP contribution in [0.1, 0.15) is 36.0 Å². The van der Waals surface area contributed by atoms with Gasteiger partial charge < -0.3 is 4.74 Å². The van der Waals surface area contributed by atoms with Crippen LogP contribution in [0.4, 0.5) is 0 Å². The Balaban J connectivity index is 1.76. The van der Waals surface area contributed by atoms with E-state index in [1.807, 2.05) is 6.07 Å². The van der Waals surface area contributed by atoms with E-state index < -0.39 is 0 Å². The maximum absolute atomic E-state index is 6.17. The molecule has 2 nitrogen and oxygen atoms in total. The standard InChI is InChI=1S/C18H20ClNO/c19-15-5-4-13-8-14(10-20-6-2-1-3-7-20)17-11-21-12-18(17)16(13)9-15/h4-5,8-9H,1-3,6-7,10-12H2. The van der Waals surface area contributed by atoms with Crippen LogP contribution >= 0.6 is 11.6 Å². The van der Waals surface area contributed by atoms with Gasteiger partial charge in [-0.1, -0.05) is 24.1 Å². The first kappa shape index (κ1) is 13.6.